The third kappa shape index (κ3) is 7.23. The first-order chi connectivity index (χ1) is 22.7. The first-order valence-electron chi connectivity index (χ1n) is 16.2. The molecule has 47 heavy (non-hydrogen) atoms. The normalized spacial score (nSPS) is 22.9. The van der Waals surface area contributed by atoms with Crippen LogP contribution in [-0.2, 0) is 28.9 Å². The number of hydrogen-bond acceptors (Lipinski definition) is 9. The number of benzene rings is 3. The Labute approximate surface area is 281 Å². The average Bonchev–Trinajstić information content (AvgIpc) is 3.25. The lowest BCUT2D eigenvalue weighted by molar-refractivity contribution is -0.254. The minimum absolute atomic E-state index is 0.178. The molecule has 5 atom stereocenters. The Balaban J connectivity index is 1.49. The predicted molar refractivity (Wildman–Crippen MR) is 184 cm³/mol. The summed E-state index contributed by atoms with van der Waals surface area (Å²) < 4.78 is 46.4. The van der Waals surface area contributed by atoms with Gasteiger partial charge in [-0.25, -0.2) is 4.67 Å². The molecule has 0 N–H and O–H groups in total. The Morgan fingerprint density at radius 3 is 1.94 bits per heavy atom. The minimum Gasteiger partial charge on any atom is -0.497 e. The summed E-state index contributed by atoms with van der Waals surface area (Å²) in [5, 5.41) is 9.16. The van der Waals surface area contributed by atoms with Crippen LogP contribution in [0.15, 0.2) is 78.9 Å². The van der Waals surface area contributed by atoms with Crippen molar-refractivity contribution in [2.45, 2.75) is 75.6 Å². The van der Waals surface area contributed by atoms with Crippen molar-refractivity contribution < 1.29 is 32.7 Å². The molecule has 2 aliphatic rings. The maximum Gasteiger partial charge on any atom is 0.259 e. The maximum absolute atomic E-state index is 9.16. The van der Waals surface area contributed by atoms with Gasteiger partial charge in [-0.05, 0) is 68.7 Å². The summed E-state index contributed by atoms with van der Waals surface area (Å²) in [7, 11) is 3.86. The molecule has 11 heteroatoms. The van der Waals surface area contributed by atoms with E-state index < -0.39 is 19.7 Å². The van der Waals surface area contributed by atoms with Crippen molar-refractivity contribution >= 4 is 16.4 Å². The average molecular weight is 661 g/mol. The fourth-order valence-corrected chi connectivity index (χ4v) is 8.34. The summed E-state index contributed by atoms with van der Waals surface area (Å²) in [6, 6.07) is 28.5. The molecule has 2 unspecified atom stereocenters. The van der Waals surface area contributed by atoms with Crippen LogP contribution >= 0.6 is 8.53 Å². The van der Waals surface area contributed by atoms with Gasteiger partial charge in [-0.3, -0.25) is 0 Å². The molecule has 250 valence electrons. The Morgan fingerprint density at radius 2 is 1.47 bits per heavy atom. The van der Waals surface area contributed by atoms with Crippen LogP contribution in [0.3, 0.4) is 0 Å². The van der Waals surface area contributed by atoms with E-state index in [1.807, 2.05) is 74.6 Å². The molecule has 2 aliphatic heterocycles. The Bertz CT molecular complexity index is 1420. The Morgan fingerprint density at radius 1 is 0.915 bits per heavy atom. The molecule has 0 bridgehead atoms. The Kier molecular flexibility index (Phi) is 11.6. The molecular weight excluding hydrogens is 614 g/mol. The Hall–Kier alpha value is -3.00. The van der Waals surface area contributed by atoms with Gasteiger partial charge in [0, 0.05) is 12.1 Å². The van der Waals surface area contributed by atoms with E-state index in [1.165, 1.54) is 0 Å². The summed E-state index contributed by atoms with van der Waals surface area (Å²) in [6.07, 6.45) is -0.448. The zero-order valence-corrected chi connectivity index (χ0v) is 29.3. The van der Waals surface area contributed by atoms with Crippen molar-refractivity contribution in [1.29, 1.82) is 5.26 Å². The number of fused-ring (bicyclic) bond motifs is 1. The molecule has 2 heterocycles. The maximum atomic E-state index is 9.16. The van der Waals surface area contributed by atoms with Gasteiger partial charge in [0.2, 0.25) is 0 Å². The zero-order valence-electron chi connectivity index (χ0n) is 28.4. The van der Waals surface area contributed by atoms with E-state index >= 15 is 0 Å². The lowest BCUT2D eigenvalue weighted by atomic mass is 9.79. The third-order valence-electron chi connectivity index (χ3n) is 8.79. The lowest BCUT2D eigenvalue weighted by Gasteiger charge is -2.47. The molecule has 3 aromatic rings. The fourth-order valence-electron chi connectivity index (χ4n) is 6.55. The van der Waals surface area contributed by atoms with Gasteiger partial charge < -0.3 is 32.7 Å². The van der Waals surface area contributed by atoms with Gasteiger partial charge in [-0.15, -0.1) is 0 Å². The van der Waals surface area contributed by atoms with E-state index in [9.17, 15) is 0 Å². The predicted octanol–water partition coefficient (Wildman–Crippen LogP) is 5.80. The van der Waals surface area contributed by atoms with Crippen LogP contribution < -0.4 is 9.47 Å². The van der Waals surface area contributed by atoms with Gasteiger partial charge >= 0.3 is 0 Å². The van der Waals surface area contributed by atoms with Crippen molar-refractivity contribution in [3.05, 3.63) is 95.6 Å². The standard InChI is InChI=1S/C36H46BN2O7P/c1-25(2)39(26(3)4)47(44-22-10-21-38)46-32-33-35(23-42-33,45-34(32)37)24-43-36(27-11-8-7-9-12-27,28-13-17-30(40-5)18-14-28)29-15-19-31(41-6)20-16-29/h7-9,11-20,25-26,32-34H,10,22-24,37H2,1-6H3/t32-,33+,34?,35-,47?/m1/s1. The summed E-state index contributed by atoms with van der Waals surface area (Å²) in [6.45, 7) is 9.42. The van der Waals surface area contributed by atoms with Crippen LogP contribution in [0.4, 0.5) is 0 Å². The highest BCUT2D eigenvalue weighted by molar-refractivity contribution is 7.44. The molecule has 0 spiro atoms. The van der Waals surface area contributed by atoms with Gasteiger partial charge in [-0.1, -0.05) is 54.6 Å². The van der Waals surface area contributed by atoms with Crippen LogP contribution in [0.2, 0.25) is 0 Å². The molecule has 3 aromatic carbocycles. The number of ether oxygens (including phenoxy) is 5. The van der Waals surface area contributed by atoms with E-state index in [1.54, 1.807) is 14.2 Å². The molecule has 0 aliphatic carbocycles. The van der Waals surface area contributed by atoms with Crippen LogP contribution in [0.25, 0.3) is 0 Å². The number of hydrogen-bond donors (Lipinski definition) is 0. The highest BCUT2D eigenvalue weighted by atomic mass is 31.2. The van der Waals surface area contributed by atoms with E-state index in [4.69, 9.17) is 38.0 Å². The summed E-state index contributed by atoms with van der Waals surface area (Å²) >= 11 is 0. The molecule has 5 rings (SSSR count). The fraction of sp³-hybridized carbons (Fsp3) is 0.472. The van der Waals surface area contributed by atoms with Crippen LogP contribution in [0, 0.1) is 11.3 Å². The summed E-state index contributed by atoms with van der Waals surface area (Å²) in [5.41, 5.74) is 1.15. The summed E-state index contributed by atoms with van der Waals surface area (Å²) in [4.78, 5) is 0. The molecule has 9 nitrogen and oxygen atoms in total. The van der Waals surface area contributed by atoms with Gasteiger partial charge in [0.05, 0.1) is 52.5 Å². The van der Waals surface area contributed by atoms with Gasteiger partial charge in [0.1, 0.15) is 42.8 Å². The van der Waals surface area contributed by atoms with Crippen molar-refractivity contribution in [1.82, 2.24) is 4.67 Å². The molecule has 0 radical (unpaired) electrons. The number of methoxy groups -OCH3 is 2. The SMILES string of the molecule is BC1O[C@@]2(COC(c3ccccc3)(c3ccc(OC)cc3)c3ccc(OC)cc3)CO[C@H]2[C@H]1OP(OCCC#N)N(C(C)C)C(C)C. The monoisotopic (exact) mass is 660 g/mol. The highest BCUT2D eigenvalue weighted by Gasteiger charge is 2.63. The second-order valence-electron chi connectivity index (χ2n) is 12.5. The van der Waals surface area contributed by atoms with Crippen molar-refractivity contribution in [3.8, 4) is 17.6 Å². The smallest absolute Gasteiger partial charge is 0.259 e. The lowest BCUT2D eigenvalue weighted by Crippen LogP contribution is -2.62. The zero-order chi connectivity index (χ0) is 33.6. The van der Waals surface area contributed by atoms with Gasteiger partial charge in [-0.2, -0.15) is 5.26 Å². The van der Waals surface area contributed by atoms with Crippen LogP contribution in [0.1, 0.15) is 50.8 Å². The first-order valence-corrected chi connectivity index (χ1v) is 17.3. The molecule has 0 amide bonds. The van der Waals surface area contributed by atoms with Crippen molar-refractivity contribution in [3.63, 3.8) is 0 Å². The van der Waals surface area contributed by atoms with Crippen LogP contribution in [-0.4, -0.2) is 82.5 Å². The highest BCUT2D eigenvalue weighted by Crippen LogP contribution is 2.53. The second-order valence-corrected chi connectivity index (χ2v) is 13.9. The second kappa shape index (κ2) is 15.5. The minimum atomic E-state index is -1.48. The van der Waals surface area contributed by atoms with Crippen molar-refractivity contribution in [2.75, 3.05) is 34.0 Å². The third-order valence-corrected chi connectivity index (χ3v) is 10.9. The molecule has 0 aromatic heterocycles. The van der Waals surface area contributed by atoms with E-state index in [-0.39, 0.29) is 36.9 Å². The number of rotatable bonds is 16. The molecular formula is C36H46BN2O7P. The van der Waals surface area contributed by atoms with Gasteiger partial charge in [0.15, 0.2) is 0 Å². The first kappa shape index (κ1) is 35.3. The van der Waals surface area contributed by atoms with Crippen LogP contribution in [0.5, 0.6) is 11.5 Å². The number of nitrogens with zero attached hydrogens (tertiary/aromatic N) is 2. The number of nitriles is 1. The molecule has 2 saturated heterocycles. The largest absolute Gasteiger partial charge is 0.497 e. The van der Waals surface area contributed by atoms with Gasteiger partial charge in [0.25, 0.3) is 8.53 Å². The van der Waals surface area contributed by atoms with E-state index in [0.29, 0.717) is 19.6 Å². The van der Waals surface area contributed by atoms with E-state index in [0.717, 1.165) is 28.2 Å². The topological polar surface area (TPSA) is 91.6 Å². The van der Waals surface area contributed by atoms with E-state index in [2.05, 4.69) is 50.6 Å². The molecule has 2 fully saturated rings. The van der Waals surface area contributed by atoms with Crippen molar-refractivity contribution in [2.24, 2.45) is 0 Å². The summed E-state index contributed by atoms with van der Waals surface area (Å²) in [5.74, 6) is 1.52. The quantitative estimate of drug-likeness (QED) is 0.0819. The molecule has 0 saturated carbocycles.